The smallest absolute Gasteiger partial charge is 0.152 e. The van der Waals surface area contributed by atoms with Crippen LogP contribution in [0, 0.1) is 34.5 Å². The fourth-order valence-electron chi connectivity index (χ4n) is 6.72. The molecule has 0 heterocycles. The monoisotopic (exact) mass is 366 g/mol. The second kappa shape index (κ2) is 4.91. The first-order chi connectivity index (χ1) is 10.4. The molecule has 4 rings (SSSR count). The Kier molecular flexibility index (Phi) is 3.43. The van der Waals surface area contributed by atoms with Crippen molar-refractivity contribution in [1.29, 1.82) is 0 Å². The van der Waals surface area contributed by atoms with Gasteiger partial charge >= 0.3 is 0 Å². The van der Waals surface area contributed by atoms with E-state index in [-0.39, 0.29) is 22.1 Å². The van der Waals surface area contributed by atoms with Crippen LogP contribution in [0.2, 0.25) is 0 Å². The van der Waals surface area contributed by atoms with Crippen molar-refractivity contribution in [2.24, 2.45) is 34.5 Å². The van der Waals surface area contributed by atoms with Crippen molar-refractivity contribution in [3.63, 3.8) is 0 Å². The number of rotatable bonds is 0. The Morgan fingerprint density at radius 2 is 1.82 bits per heavy atom. The van der Waals surface area contributed by atoms with Gasteiger partial charge in [0.25, 0.3) is 0 Å². The van der Waals surface area contributed by atoms with Crippen molar-refractivity contribution >= 4 is 27.5 Å². The highest BCUT2D eigenvalue weighted by Crippen LogP contribution is 2.65. The Hall–Kier alpha value is -0.180. The molecule has 22 heavy (non-hydrogen) atoms. The van der Waals surface area contributed by atoms with Crippen LogP contribution in [-0.2, 0) is 9.59 Å². The molecule has 0 saturated heterocycles. The van der Waals surface area contributed by atoms with Crippen molar-refractivity contribution in [3.05, 3.63) is 0 Å². The molecule has 2 unspecified atom stereocenters. The number of carbonyl (C=O) groups is 2. The van der Waals surface area contributed by atoms with E-state index >= 15 is 0 Å². The van der Waals surface area contributed by atoms with E-state index in [9.17, 15) is 9.59 Å². The number of carbonyl (C=O) groups excluding carboxylic acids is 2. The van der Waals surface area contributed by atoms with E-state index in [0.717, 1.165) is 25.7 Å². The molecule has 0 aromatic carbocycles. The summed E-state index contributed by atoms with van der Waals surface area (Å²) >= 11 is 3.59. The summed E-state index contributed by atoms with van der Waals surface area (Å²) in [4.78, 5) is 25.6. The lowest BCUT2D eigenvalue weighted by atomic mass is 9.45. The van der Waals surface area contributed by atoms with Gasteiger partial charge in [0.2, 0.25) is 0 Å². The molecule has 3 heteroatoms. The average molecular weight is 367 g/mol. The van der Waals surface area contributed by atoms with Crippen LogP contribution in [0.4, 0.5) is 0 Å². The van der Waals surface area contributed by atoms with Crippen LogP contribution in [0.3, 0.4) is 0 Å². The molecule has 0 radical (unpaired) electrons. The minimum atomic E-state index is -0.247. The van der Waals surface area contributed by atoms with E-state index in [0.29, 0.717) is 28.8 Å². The summed E-state index contributed by atoms with van der Waals surface area (Å²) in [5.74, 6) is 2.43. The molecule has 0 spiro atoms. The van der Waals surface area contributed by atoms with Crippen molar-refractivity contribution < 1.29 is 9.59 Å². The molecule has 0 aromatic heterocycles. The second-order valence-electron chi connectivity index (χ2n) is 8.88. The summed E-state index contributed by atoms with van der Waals surface area (Å²) in [6.45, 7) is 4.60. The third-order valence-electron chi connectivity index (χ3n) is 8.09. The van der Waals surface area contributed by atoms with E-state index < -0.39 is 0 Å². The topological polar surface area (TPSA) is 34.1 Å². The van der Waals surface area contributed by atoms with Crippen molar-refractivity contribution in [2.45, 2.75) is 70.0 Å². The maximum absolute atomic E-state index is 13.0. The molecule has 4 saturated carbocycles. The molecule has 0 amide bonds. The molecule has 2 nitrogen and oxygen atoms in total. The van der Waals surface area contributed by atoms with E-state index in [1.807, 2.05) is 0 Å². The molecule has 4 aliphatic carbocycles. The molecule has 0 aromatic rings. The van der Waals surface area contributed by atoms with E-state index in [2.05, 4.69) is 29.8 Å². The molecular weight excluding hydrogens is 340 g/mol. The summed E-state index contributed by atoms with van der Waals surface area (Å²) in [5, 5.41) is 0. The van der Waals surface area contributed by atoms with Crippen LogP contribution in [0.5, 0.6) is 0 Å². The zero-order valence-corrected chi connectivity index (χ0v) is 15.3. The third-order valence-corrected chi connectivity index (χ3v) is 8.88. The van der Waals surface area contributed by atoms with Crippen molar-refractivity contribution in [1.82, 2.24) is 0 Å². The largest absolute Gasteiger partial charge is 0.299 e. The fraction of sp³-hybridized carbons (Fsp3) is 0.895. The van der Waals surface area contributed by atoms with Crippen molar-refractivity contribution in [2.75, 3.05) is 0 Å². The first-order valence-corrected chi connectivity index (χ1v) is 10.0. The molecule has 0 aliphatic heterocycles. The normalized spacial score (nSPS) is 54.6. The zero-order valence-electron chi connectivity index (χ0n) is 13.7. The number of halogens is 1. The maximum atomic E-state index is 13.0. The van der Waals surface area contributed by atoms with Gasteiger partial charge in [-0.2, -0.15) is 0 Å². The fourth-order valence-corrected chi connectivity index (χ4v) is 7.64. The van der Waals surface area contributed by atoms with Crippen LogP contribution >= 0.6 is 15.9 Å². The lowest BCUT2D eigenvalue weighted by molar-refractivity contribution is -0.156. The predicted octanol–water partition coefficient (Wildman–Crippen LogP) is 4.54. The van der Waals surface area contributed by atoms with Crippen LogP contribution in [0.25, 0.3) is 0 Å². The Bertz CT molecular complexity index is 530. The van der Waals surface area contributed by atoms with Gasteiger partial charge < -0.3 is 0 Å². The standard InChI is InChI=1S/C19H27BrO2/c1-18-7-4-3-5-11(18)9-15(21)16-12(18)6-8-19(2)13(16)10-14(20)17(19)22/h11-14,16H,3-10H2,1-2H3/t11?,12-,13+,14?,16-,18+,19+/m1/s1. The van der Waals surface area contributed by atoms with Crippen LogP contribution in [0.15, 0.2) is 0 Å². The number of Topliss-reactive ketones (excluding diaryl/α,β-unsaturated/α-hetero) is 2. The van der Waals surface area contributed by atoms with Gasteiger partial charge in [-0.05, 0) is 55.3 Å². The number of fused-ring (bicyclic) bond motifs is 5. The van der Waals surface area contributed by atoms with E-state index in [1.54, 1.807) is 0 Å². The number of alkyl halides is 1. The second-order valence-corrected chi connectivity index (χ2v) is 9.99. The van der Waals surface area contributed by atoms with Gasteiger partial charge in [0.15, 0.2) is 5.78 Å². The van der Waals surface area contributed by atoms with Gasteiger partial charge in [0.05, 0.1) is 4.83 Å². The molecule has 4 fully saturated rings. The lowest BCUT2D eigenvalue weighted by Crippen LogP contribution is -2.56. The Balaban J connectivity index is 1.73. The summed E-state index contributed by atoms with van der Waals surface area (Å²) in [7, 11) is 0. The van der Waals surface area contributed by atoms with Crippen molar-refractivity contribution in [3.8, 4) is 0 Å². The van der Waals surface area contributed by atoms with Gasteiger partial charge in [-0.1, -0.05) is 42.6 Å². The minimum absolute atomic E-state index is 0.0223. The van der Waals surface area contributed by atoms with Crippen LogP contribution in [0.1, 0.15) is 65.2 Å². The molecule has 0 N–H and O–H groups in total. The maximum Gasteiger partial charge on any atom is 0.152 e. The van der Waals surface area contributed by atoms with Gasteiger partial charge in [-0.25, -0.2) is 0 Å². The first kappa shape index (κ1) is 15.4. The molecular formula is C19H27BrO2. The number of ketones is 2. The molecule has 7 atom stereocenters. The molecule has 0 bridgehead atoms. The Labute approximate surface area is 141 Å². The van der Waals surface area contributed by atoms with Gasteiger partial charge in [-0.15, -0.1) is 0 Å². The Morgan fingerprint density at radius 1 is 1.05 bits per heavy atom. The number of hydrogen-bond acceptors (Lipinski definition) is 2. The number of hydrogen-bond donors (Lipinski definition) is 0. The molecule has 4 aliphatic rings. The van der Waals surface area contributed by atoms with E-state index in [1.165, 1.54) is 25.7 Å². The average Bonchev–Trinajstić information content (AvgIpc) is 2.71. The van der Waals surface area contributed by atoms with Crippen LogP contribution < -0.4 is 0 Å². The third kappa shape index (κ3) is 1.84. The summed E-state index contributed by atoms with van der Waals surface area (Å²) in [6, 6.07) is 0. The summed E-state index contributed by atoms with van der Waals surface area (Å²) < 4.78 is 0. The highest BCUT2D eigenvalue weighted by Gasteiger charge is 2.63. The SMILES string of the molecule is C[C@]12CCCCC1CC(=O)[C@@H]1[C@H]2CC[C@]2(C)C(=O)C(Br)C[C@@H]12. The highest BCUT2D eigenvalue weighted by molar-refractivity contribution is 9.10. The predicted molar refractivity (Wildman–Crippen MR) is 89.8 cm³/mol. The van der Waals surface area contributed by atoms with E-state index in [4.69, 9.17) is 0 Å². The van der Waals surface area contributed by atoms with Gasteiger partial charge in [0, 0.05) is 17.8 Å². The highest BCUT2D eigenvalue weighted by atomic mass is 79.9. The zero-order chi connectivity index (χ0) is 15.7. The minimum Gasteiger partial charge on any atom is -0.299 e. The van der Waals surface area contributed by atoms with Crippen LogP contribution in [-0.4, -0.2) is 16.4 Å². The van der Waals surface area contributed by atoms with Gasteiger partial charge in [0.1, 0.15) is 5.78 Å². The lowest BCUT2D eigenvalue weighted by Gasteiger charge is -2.58. The first-order valence-electron chi connectivity index (χ1n) is 9.09. The molecule has 122 valence electrons. The summed E-state index contributed by atoms with van der Waals surface area (Å²) in [5.41, 5.74) is 0.106. The summed E-state index contributed by atoms with van der Waals surface area (Å²) in [6.07, 6.45) is 8.90. The van der Waals surface area contributed by atoms with Gasteiger partial charge in [-0.3, -0.25) is 9.59 Å². The quantitative estimate of drug-likeness (QED) is 0.589. The Morgan fingerprint density at radius 3 is 2.59 bits per heavy atom.